The molecule has 0 aromatic carbocycles. The highest BCUT2D eigenvalue weighted by atomic mass is 16.5. The molecular formula is C15H29NO. The zero-order chi connectivity index (χ0) is 12.3. The van der Waals surface area contributed by atoms with E-state index < -0.39 is 0 Å². The first-order valence-corrected chi connectivity index (χ1v) is 7.46. The van der Waals surface area contributed by atoms with Crippen LogP contribution in [0.15, 0.2) is 0 Å². The van der Waals surface area contributed by atoms with Crippen molar-refractivity contribution in [1.82, 2.24) is 5.32 Å². The van der Waals surface area contributed by atoms with Crippen LogP contribution in [0.1, 0.15) is 52.9 Å². The Labute approximate surface area is 107 Å². The van der Waals surface area contributed by atoms with E-state index in [4.69, 9.17) is 4.74 Å². The zero-order valence-corrected chi connectivity index (χ0v) is 11.8. The lowest BCUT2D eigenvalue weighted by Gasteiger charge is -2.37. The average molecular weight is 239 g/mol. The number of nitrogens with one attached hydrogen (secondary N) is 1. The fourth-order valence-electron chi connectivity index (χ4n) is 3.80. The van der Waals surface area contributed by atoms with E-state index in [-0.39, 0.29) is 0 Å². The second-order valence-electron chi connectivity index (χ2n) is 6.59. The summed E-state index contributed by atoms with van der Waals surface area (Å²) in [5.74, 6) is 1.60. The fraction of sp³-hybridized carbons (Fsp3) is 1.00. The van der Waals surface area contributed by atoms with Gasteiger partial charge in [-0.2, -0.15) is 0 Å². The quantitative estimate of drug-likeness (QED) is 0.795. The molecule has 2 nitrogen and oxygen atoms in total. The minimum Gasteiger partial charge on any atom is -0.381 e. The summed E-state index contributed by atoms with van der Waals surface area (Å²) in [6, 6.07) is 0.690. The lowest BCUT2D eigenvalue weighted by molar-refractivity contribution is 0.129. The normalized spacial score (nSPS) is 34.1. The van der Waals surface area contributed by atoms with Crippen LogP contribution in [-0.2, 0) is 4.74 Å². The van der Waals surface area contributed by atoms with Crippen LogP contribution in [-0.4, -0.2) is 25.8 Å². The van der Waals surface area contributed by atoms with Crippen molar-refractivity contribution in [1.29, 1.82) is 0 Å². The van der Waals surface area contributed by atoms with E-state index in [1.54, 1.807) is 0 Å². The molecule has 17 heavy (non-hydrogen) atoms. The van der Waals surface area contributed by atoms with Crippen molar-refractivity contribution in [3.63, 3.8) is 0 Å². The smallest absolute Gasteiger partial charge is 0.0510 e. The van der Waals surface area contributed by atoms with E-state index in [9.17, 15) is 0 Å². The minimum absolute atomic E-state index is 0.522. The molecule has 1 aliphatic heterocycles. The van der Waals surface area contributed by atoms with Crippen LogP contribution < -0.4 is 5.32 Å². The summed E-state index contributed by atoms with van der Waals surface area (Å²) in [7, 11) is 0. The van der Waals surface area contributed by atoms with Gasteiger partial charge in [0.1, 0.15) is 0 Å². The highest BCUT2D eigenvalue weighted by Crippen LogP contribution is 2.46. The van der Waals surface area contributed by atoms with Crippen molar-refractivity contribution in [2.45, 2.75) is 58.9 Å². The largest absolute Gasteiger partial charge is 0.381 e. The predicted octanol–water partition coefficient (Wildman–Crippen LogP) is 3.22. The Morgan fingerprint density at radius 3 is 2.71 bits per heavy atom. The molecule has 2 fully saturated rings. The van der Waals surface area contributed by atoms with Crippen molar-refractivity contribution in [2.75, 3.05) is 19.8 Å². The number of hydrogen-bond acceptors (Lipinski definition) is 2. The topological polar surface area (TPSA) is 21.3 Å². The Hall–Kier alpha value is -0.0800. The van der Waals surface area contributed by atoms with E-state index in [2.05, 4.69) is 26.1 Å². The highest BCUT2D eigenvalue weighted by molar-refractivity contribution is 4.95. The maximum atomic E-state index is 5.61. The molecule has 1 aliphatic carbocycles. The first kappa shape index (κ1) is 13.4. The molecule has 2 rings (SSSR count). The van der Waals surface area contributed by atoms with E-state index in [1.807, 2.05) is 0 Å². The maximum absolute atomic E-state index is 5.61. The van der Waals surface area contributed by atoms with Gasteiger partial charge in [0.25, 0.3) is 0 Å². The Balaban J connectivity index is 2.03. The van der Waals surface area contributed by atoms with Gasteiger partial charge in [-0.15, -0.1) is 0 Å². The van der Waals surface area contributed by atoms with Gasteiger partial charge in [-0.1, -0.05) is 27.2 Å². The van der Waals surface area contributed by atoms with Crippen LogP contribution in [0.2, 0.25) is 0 Å². The fourth-order valence-corrected chi connectivity index (χ4v) is 3.80. The molecule has 0 radical (unpaired) electrons. The van der Waals surface area contributed by atoms with Crippen molar-refractivity contribution >= 4 is 0 Å². The first-order chi connectivity index (χ1) is 8.15. The van der Waals surface area contributed by atoms with Gasteiger partial charge in [0.05, 0.1) is 6.61 Å². The van der Waals surface area contributed by atoms with Crippen LogP contribution in [0.25, 0.3) is 0 Å². The molecule has 0 amide bonds. The van der Waals surface area contributed by atoms with Gasteiger partial charge in [-0.25, -0.2) is 0 Å². The van der Waals surface area contributed by atoms with Crippen LogP contribution in [0, 0.1) is 17.3 Å². The summed E-state index contributed by atoms with van der Waals surface area (Å²) < 4.78 is 5.61. The maximum Gasteiger partial charge on any atom is 0.0510 e. The van der Waals surface area contributed by atoms with Gasteiger partial charge in [0.2, 0.25) is 0 Å². The molecular weight excluding hydrogens is 210 g/mol. The molecule has 1 heterocycles. The Morgan fingerprint density at radius 2 is 2.18 bits per heavy atom. The molecule has 2 heteroatoms. The van der Waals surface area contributed by atoms with E-state index >= 15 is 0 Å². The molecule has 1 N–H and O–H groups in total. The van der Waals surface area contributed by atoms with Crippen LogP contribution in [0.3, 0.4) is 0 Å². The molecule has 0 spiro atoms. The molecule has 1 saturated heterocycles. The predicted molar refractivity (Wildman–Crippen MR) is 72.1 cm³/mol. The third-order valence-electron chi connectivity index (χ3n) is 4.88. The lowest BCUT2D eigenvalue weighted by Crippen LogP contribution is -2.46. The SMILES string of the molecule is CCCNC(C1CCOC1)C1CCCC1(C)C. The highest BCUT2D eigenvalue weighted by Gasteiger charge is 2.42. The average Bonchev–Trinajstić information content (AvgIpc) is 2.90. The summed E-state index contributed by atoms with van der Waals surface area (Å²) in [5, 5.41) is 3.83. The summed E-state index contributed by atoms with van der Waals surface area (Å²) >= 11 is 0. The van der Waals surface area contributed by atoms with Crippen molar-refractivity contribution in [2.24, 2.45) is 17.3 Å². The molecule has 1 saturated carbocycles. The van der Waals surface area contributed by atoms with Crippen molar-refractivity contribution < 1.29 is 4.74 Å². The standard InChI is InChI=1S/C15H29NO/c1-4-9-16-14(12-7-10-17-11-12)13-6-5-8-15(13,2)3/h12-14,16H,4-11H2,1-3H3. The van der Waals surface area contributed by atoms with Gasteiger partial charge in [0, 0.05) is 18.6 Å². The number of hydrogen-bond donors (Lipinski definition) is 1. The second-order valence-corrected chi connectivity index (χ2v) is 6.59. The number of ether oxygens (including phenoxy) is 1. The van der Waals surface area contributed by atoms with Crippen molar-refractivity contribution in [3.05, 3.63) is 0 Å². The summed E-state index contributed by atoms with van der Waals surface area (Å²) in [6.07, 6.45) is 6.71. The van der Waals surface area contributed by atoms with E-state index in [1.165, 1.54) is 32.1 Å². The Bertz CT molecular complexity index is 233. The van der Waals surface area contributed by atoms with Crippen LogP contribution >= 0.6 is 0 Å². The second kappa shape index (κ2) is 5.71. The van der Waals surface area contributed by atoms with Crippen LogP contribution in [0.5, 0.6) is 0 Å². The lowest BCUT2D eigenvalue weighted by atomic mass is 9.73. The zero-order valence-electron chi connectivity index (χ0n) is 11.8. The Morgan fingerprint density at radius 1 is 1.35 bits per heavy atom. The first-order valence-electron chi connectivity index (χ1n) is 7.46. The van der Waals surface area contributed by atoms with Gasteiger partial charge in [-0.3, -0.25) is 0 Å². The van der Waals surface area contributed by atoms with Gasteiger partial charge < -0.3 is 10.1 Å². The molecule has 3 unspecified atom stereocenters. The monoisotopic (exact) mass is 239 g/mol. The molecule has 3 atom stereocenters. The molecule has 0 bridgehead atoms. The molecule has 0 aromatic heterocycles. The van der Waals surface area contributed by atoms with Crippen molar-refractivity contribution in [3.8, 4) is 0 Å². The van der Waals surface area contributed by atoms with Gasteiger partial charge >= 0.3 is 0 Å². The third kappa shape index (κ3) is 3.03. The molecule has 2 aliphatic rings. The minimum atomic E-state index is 0.522. The van der Waals surface area contributed by atoms with Crippen LogP contribution in [0.4, 0.5) is 0 Å². The van der Waals surface area contributed by atoms with E-state index in [0.717, 1.165) is 31.6 Å². The summed E-state index contributed by atoms with van der Waals surface area (Å²) in [5.41, 5.74) is 0.522. The van der Waals surface area contributed by atoms with Gasteiger partial charge in [0.15, 0.2) is 0 Å². The third-order valence-corrected chi connectivity index (χ3v) is 4.88. The summed E-state index contributed by atoms with van der Waals surface area (Å²) in [6.45, 7) is 10.3. The molecule has 100 valence electrons. The number of rotatable bonds is 5. The van der Waals surface area contributed by atoms with E-state index in [0.29, 0.717) is 11.5 Å². The summed E-state index contributed by atoms with van der Waals surface area (Å²) in [4.78, 5) is 0. The van der Waals surface area contributed by atoms with Gasteiger partial charge in [-0.05, 0) is 43.6 Å². The molecule has 0 aromatic rings. The Kier molecular flexibility index (Phi) is 4.48.